The summed E-state index contributed by atoms with van der Waals surface area (Å²) >= 11 is 0. The molecule has 1 saturated carbocycles. The van der Waals surface area contributed by atoms with Crippen LogP contribution in [0.4, 0.5) is 0 Å². The second-order valence-corrected chi connectivity index (χ2v) is 6.84. The van der Waals surface area contributed by atoms with Crippen LogP contribution in [0.5, 0.6) is 0 Å². The molecule has 1 saturated heterocycles. The number of aliphatic imine (C=N–C) groups is 1. The van der Waals surface area contributed by atoms with Crippen molar-refractivity contribution in [1.29, 1.82) is 0 Å². The minimum atomic E-state index is 0.330. The zero-order chi connectivity index (χ0) is 16.5. The normalized spacial score (nSPS) is 25.2. The second kappa shape index (κ2) is 9.78. The largest absolute Gasteiger partial charge is 0.357 e. The number of nitrogens with zero attached hydrogens (tertiary/aromatic N) is 2. The van der Waals surface area contributed by atoms with E-state index in [0.29, 0.717) is 11.9 Å². The highest BCUT2D eigenvalue weighted by Crippen LogP contribution is 2.34. The van der Waals surface area contributed by atoms with Crippen LogP contribution in [0.1, 0.15) is 65.2 Å². The predicted octanol–water partition coefficient (Wildman–Crippen LogP) is 2.52. The molecule has 0 bridgehead atoms. The molecule has 1 aliphatic heterocycles. The number of hydrogen-bond acceptors (Lipinski definition) is 2. The summed E-state index contributed by atoms with van der Waals surface area (Å²) in [4.78, 5) is 18.7. The summed E-state index contributed by atoms with van der Waals surface area (Å²) in [5.74, 6) is 2.11. The van der Waals surface area contributed by atoms with Crippen LogP contribution < -0.4 is 10.6 Å². The van der Waals surface area contributed by atoms with E-state index in [2.05, 4.69) is 29.5 Å². The van der Waals surface area contributed by atoms with Crippen molar-refractivity contribution in [2.75, 3.05) is 26.2 Å². The van der Waals surface area contributed by atoms with Gasteiger partial charge in [-0.05, 0) is 44.9 Å². The summed E-state index contributed by atoms with van der Waals surface area (Å²) < 4.78 is 0. The molecule has 2 atom stereocenters. The lowest BCUT2D eigenvalue weighted by Gasteiger charge is -2.20. The Labute approximate surface area is 141 Å². The number of carbonyl (C=O) groups is 1. The molecule has 1 aliphatic carbocycles. The van der Waals surface area contributed by atoms with E-state index in [4.69, 9.17) is 0 Å². The van der Waals surface area contributed by atoms with Gasteiger partial charge in [0.1, 0.15) is 0 Å². The van der Waals surface area contributed by atoms with Crippen LogP contribution in [0.15, 0.2) is 4.99 Å². The van der Waals surface area contributed by atoms with Crippen molar-refractivity contribution >= 4 is 11.9 Å². The van der Waals surface area contributed by atoms with Gasteiger partial charge < -0.3 is 15.5 Å². The average molecular weight is 322 g/mol. The summed E-state index contributed by atoms with van der Waals surface area (Å²) in [5.41, 5.74) is 0. The van der Waals surface area contributed by atoms with E-state index in [1.165, 1.54) is 25.7 Å². The average Bonchev–Trinajstić information content (AvgIpc) is 3.29. The number of rotatable bonds is 8. The highest BCUT2D eigenvalue weighted by atomic mass is 16.2. The third-order valence-corrected chi connectivity index (χ3v) is 4.78. The molecule has 0 radical (unpaired) electrons. The molecule has 0 aromatic carbocycles. The van der Waals surface area contributed by atoms with Gasteiger partial charge >= 0.3 is 0 Å². The zero-order valence-corrected chi connectivity index (χ0v) is 14.9. The lowest BCUT2D eigenvalue weighted by molar-refractivity contribution is -0.130. The standard InChI is InChI=1S/C18H34N4O/c1-3-9-15-14-16(15)21-18(19-4-2)20-11-8-13-22-12-7-5-6-10-17(22)23/h15-16H,3-14H2,1-2H3,(H2,19,20,21). The minimum Gasteiger partial charge on any atom is -0.357 e. The summed E-state index contributed by atoms with van der Waals surface area (Å²) in [6.45, 7) is 7.81. The Hall–Kier alpha value is -1.26. The van der Waals surface area contributed by atoms with E-state index in [0.717, 1.165) is 63.7 Å². The Morgan fingerprint density at radius 2 is 2.17 bits per heavy atom. The number of hydrogen-bond donors (Lipinski definition) is 2. The van der Waals surface area contributed by atoms with Crippen LogP contribution in [-0.4, -0.2) is 49.0 Å². The van der Waals surface area contributed by atoms with Crippen LogP contribution in [-0.2, 0) is 4.79 Å². The monoisotopic (exact) mass is 322 g/mol. The predicted molar refractivity (Wildman–Crippen MR) is 95.6 cm³/mol. The molecule has 0 spiro atoms. The Morgan fingerprint density at radius 3 is 2.96 bits per heavy atom. The van der Waals surface area contributed by atoms with Gasteiger partial charge in [0.15, 0.2) is 5.96 Å². The first-order chi connectivity index (χ1) is 11.2. The molecule has 0 aromatic heterocycles. The van der Waals surface area contributed by atoms with Gasteiger partial charge in [-0.2, -0.15) is 0 Å². The second-order valence-electron chi connectivity index (χ2n) is 6.84. The fourth-order valence-corrected chi connectivity index (χ4v) is 3.34. The van der Waals surface area contributed by atoms with Crippen LogP contribution in [0.3, 0.4) is 0 Å². The Kier molecular flexibility index (Phi) is 7.69. The summed E-state index contributed by atoms with van der Waals surface area (Å²) in [6, 6.07) is 0.611. The molecule has 2 rings (SSSR count). The molecule has 5 nitrogen and oxygen atoms in total. The van der Waals surface area contributed by atoms with Crippen LogP contribution in [0.25, 0.3) is 0 Å². The van der Waals surface area contributed by atoms with Crippen molar-refractivity contribution in [3.63, 3.8) is 0 Å². The fourth-order valence-electron chi connectivity index (χ4n) is 3.34. The first-order valence-corrected chi connectivity index (χ1v) is 9.57. The molecule has 2 N–H and O–H groups in total. The molecule has 2 fully saturated rings. The maximum atomic E-state index is 12.0. The first kappa shape index (κ1) is 18.1. The number of nitrogens with one attached hydrogen (secondary N) is 2. The first-order valence-electron chi connectivity index (χ1n) is 9.57. The van der Waals surface area contributed by atoms with Crippen molar-refractivity contribution in [2.45, 2.75) is 71.3 Å². The van der Waals surface area contributed by atoms with Crippen LogP contribution in [0.2, 0.25) is 0 Å². The SMILES string of the molecule is CCCC1CC1NC(=NCCCN1CCCCCC1=O)NCC. The van der Waals surface area contributed by atoms with Crippen molar-refractivity contribution in [3.8, 4) is 0 Å². The van der Waals surface area contributed by atoms with Crippen LogP contribution in [0, 0.1) is 5.92 Å². The topological polar surface area (TPSA) is 56.7 Å². The lowest BCUT2D eigenvalue weighted by Crippen LogP contribution is -2.39. The summed E-state index contributed by atoms with van der Waals surface area (Å²) in [6.07, 6.45) is 8.94. The Bertz CT molecular complexity index is 396. The minimum absolute atomic E-state index is 0.330. The van der Waals surface area contributed by atoms with Gasteiger partial charge in [-0.15, -0.1) is 0 Å². The number of likely N-dealkylation sites (tertiary alicyclic amines) is 1. The molecule has 132 valence electrons. The van der Waals surface area contributed by atoms with Crippen molar-refractivity contribution in [3.05, 3.63) is 0 Å². The number of carbonyl (C=O) groups excluding carboxylic acids is 1. The van der Waals surface area contributed by atoms with Crippen LogP contribution >= 0.6 is 0 Å². The van der Waals surface area contributed by atoms with E-state index in [9.17, 15) is 4.79 Å². The van der Waals surface area contributed by atoms with E-state index in [1.54, 1.807) is 0 Å². The maximum Gasteiger partial charge on any atom is 0.222 e. The highest BCUT2D eigenvalue weighted by Gasteiger charge is 2.36. The molecule has 1 heterocycles. The molecule has 2 aliphatic rings. The number of guanidine groups is 1. The lowest BCUT2D eigenvalue weighted by atomic mass is 10.2. The van der Waals surface area contributed by atoms with E-state index < -0.39 is 0 Å². The molecule has 5 heteroatoms. The molecular weight excluding hydrogens is 288 g/mol. The molecule has 2 unspecified atom stereocenters. The van der Waals surface area contributed by atoms with Gasteiger partial charge in [0.25, 0.3) is 0 Å². The highest BCUT2D eigenvalue weighted by molar-refractivity contribution is 5.80. The molecule has 0 aromatic rings. The van der Waals surface area contributed by atoms with Crippen molar-refractivity contribution in [2.24, 2.45) is 10.9 Å². The van der Waals surface area contributed by atoms with Gasteiger partial charge in [0, 0.05) is 38.6 Å². The smallest absolute Gasteiger partial charge is 0.222 e. The summed E-state index contributed by atoms with van der Waals surface area (Å²) in [7, 11) is 0. The van der Waals surface area contributed by atoms with E-state index in [1.807, 2.05) is 4.90 Å². The molecule has 1 amide bonds. The fraction of sp³-hybridized carbons (Fsp3) is 0.889. The Morgan fingerprint density at radius 1 is 1.30 bits per heavy atom. The van der Waals surface area contributed by atoms with Gasteiger partial charge in [-0.1, -0.05) is 19.8 Å². The van der Waals surface area contributed by atoms with Gasteiger partial charge in [0.05, 0.1) is 0 Å². The summed E-state index contributed by atoms with van der Waals surface area (Å²) in [5, 5.41) is 6.87. The molecular formula is C18H34N4O. The quantitative estimate of drug-likeness (QED) is 0.410. The van der Waals surface area contributed by atoms with Crippen molar-refractivity contribution in [1.82, 2.24) is 15.5 Å². The maximum absolute atomic E-state index is 12.0. The van der Waals surface area contributed by atoms with Crippen molar-refractivity contribution < 1.29 is 4.79 Å². The van der Waals surface area contributed by atoms with Gasteiger partial charge in [-0.25, -0.2) is 0 Å². The van der Waals surface area contributed by atoms with Gasteiger partial charge in [-0.3, -0.25) is 9.79 Å². The Balaban J connectivity index is 1.69. The zero-order valence-electron chi connectivity index (χ0n) is 14.9. The third-order valence-electron chi connectivity index (χ3n) is 4.78. The van der Waals surface area contributed by atoms with E-state index >= 15 is 0 Å². The molecule has 23 heavy (non-hydrogen) atoms. The van der Waals surface area contributed by atoms with Gasteiger partial charge in [0.2, 0.25) is 5.91 Å². The number of amides is 1. The van der Waals surface area contributed by atoms with E-state index in [-0.39, 0.29) is 0 Å². The third kappa shape index (κ3) is 6.40.